The molecule has 0 fully saturated rings. The fourth-order valence-electron chi connectivity index (χ4n) is 5.21. The van der Waals surface area contributed by atoms with Crippen LogP contribution in [0, 0.1) is 5.82 Å². The second-order valence-electron chi connectivity index (χ2n) is 10.3. The van der Waals surface area contributed by atoms with Gasteiger partial charge >= 0.3 is 5.97 Å². The normalized spacial score (nSPS) is 14.9. The van der Waals surface area contributed by atoms with Crippen molar-refractivity contribution in [1.29, 1.82) is 0 Å². The molecule has 0 unspecified atom stereocenters. The van der Waals surface area contributed by atoms with Gasteiger partial charge in [0.1, 0.15) is 11.5 Å². The molecule has 0 spiro atoms. The van der Waals surface area contributed by atoms with Crippen LogP contribution in [0.1, 0.15) is 43.9 Å². The number of ether oxygens (including phenoxy) is 1. The number of carbonyl (C=O) groups is 3. The minimum atomic E-state index is -0.632. The van der Waals surface area contributed by atoms with E-state index in [-0.39, 0.29) is 23.2 Å². The maximum absolute atomic E-state index is 13.9. The number of amides is 2. The number of hydrogen-bond acceptors (Lipinski definition) is 7. The van der Waals surface area contributed by atoms with Gasteiger partial charge in [-0.2, -0.15) is 5.10 Å². The largest absolute Gasteiger partial charge is 0.411 e. The van der Waals surface area contributed by atoms with Gasteiger partial charge in [0, 0.05) is 55.4 Å². The van der Waals surface area contributed by atoms with Crippen LogP contribution in [0.4, 0.5) is 15.8 Å². The number of thiophene rings is 1. The van der Waals surface area contributed by atoms with Gasteiger partial charge in [-0.25, -0.2) is 13.9 Å². The van der Waals surface area contributed by atoms with Gasteiger partial charge < -0.3 is 19.4 Å². The zero-order chi connectivity index (χ0) is 28.8. The lowest BCUT2D eigenvalue weighted by molar-refractivity contribution is -0.116. The monoisotopic (exact) mass is 573 g/mol. The number of hydrogen-bond donors (Lipinski definition) is 0. The molecule has 6 rings (SSSR count). The van der Waals surface area contributed by atoms with E-state index in [0.29, 0.717) is 40.7 Å². The van der Waals surface area contributed by atoms with Crippen molar-refractivity contribution in [2.24, 2.45) is 0 Å². The van der Waals surface area contributed by atoms with Crippen LogP contribution in [-0.2, 0) is 24.2 Å². The molecule has 2 aromatic carbocycles. The molecule has 2 amide bonds. The van der Waals surface area contributed by atoms with Crippen molar-refractivity contribution in [3.8, 4) is 10.8 Å². The fourth-order valence-corrected chi connectivity index (χ4v) is 6.22. The molecule has 0 saturated carbocycles. The maximum Gasteiger partial charge on any atom is 0.365 e. The van der Waals surface area contributed by atoms with Crippen molar-refractivity contribution < 1.29 is 23.5 Å². The summed E-state index contributed by atoms with van der Waals surface area (Å²) in [6.07, 6.45) is 1.27. The number of likely N-dealkylation sites (N-methyl/N-ethyl adjacent to an activating group) is 1. The Morgan fingerprint density at radius 3 is 2.44 bits per heavy atom. The first-order valence-corrected chi connectivity index (χ1v) is 14.1. The van der Waals surface area contributed by atoms with Gasteiger partial charge in [-0.15, -0.1) is 11.3 Å². The second kappa shape index (κ2) is 10.6. The molecular weight excluding hydrogens is 545 g/mol. The highest BCUT2D eigenvalue weighted by molar-refractivity contribution is 7.14. The van der Waals surface area contributed by atoms with E-state index in [9.17, 15) is 18.8 Å². The fraction of sp³-hybridized carbons (Fsp3) is 0.267. The molecule has 11 heteroatoms. The highest BCUT2D eigenvalue weighted by atomic mass is 32.1. The summed E-state index contributed by atoms with van der Waals surface area (Å²) in [5.41, 5.74) is 3.74. The summed E-state index contributed by atoms with van der Waals surface area (Å²) in [7, 11) is 3.74. The minimum absolute atomic E-state index is 0.0687. The first-order chi connectivity index (χ1) is 19.7. The number of nitrogens with zero attached hydrogens (tertiary/aromatic N) is 5. The zero-order valence-electron chi connectivity index (χ0n) is 22.9. The van der Waals surface area contributed by atoms with E-state index < -0.39 is 11.8 Å². The van der Waals surface area contributed by atoms with Crippen LogP contribution in [0.2, 0.25) is 0 Å². The third-order valence-electron chi connectivity index (χ3n) is 7.53. The Morgan fingerprint density at radius 2 is 1.73 bits per heavy atom. The van der Waals surface area contributed by atoms with Crippen LogP contribution in [0.25, 0.3) is 5.69 Å². The first kappa shape index (κ1) is 26.9. The lowest BCUT2D eigenvalue weighted by Gasteiger charge is -2.28. The summed E-state index contributed by atoms with van der Waals surface area (Å²) in [6, 6.07) is 14.6. The van der Waals surface area contributed by atoms with E-state index in [4.69, 9.17) is 4.74 Å². The molecule has 4 heterocycles. The standard InChI is InChI=1S/C30H28FN5O4S/c1-18(37)34(3)21-8-10-22(11-9-21)35-15-12-24-27(30(39)40-26-16-19-17-33(2)14-13-25(19)41-26)32-36(28(24)29(35)38)23-6-4-20(31)5-7-23/h4-11,16H,12-15,17H2,1-3H3. The van der Waals surface area contributed by atoms with Crippen molar-refractivity contribution in [2.45, 2.75) is 26.3 Å². The predicted molar refractivity (Wildman–Crippen MR) is 154 cm³/mol. The third-order valence-corrected chi connectivity index (χ3v) is 8.65. The first-order valence-electron chi connectivity index (χ1n) is 13.3. The van der Waals surface area contributed by atoms with Crippen molar-refractivity contribution >= 4 is 40.5 Å². The number of fused-ring (bicyclic) bond motifs is 2. The van der Waals surface area contributed by atoms with Crippen LogP contribution in [0.3, 0.4) is 0 Å². The van der Waals surface area contributed by atoms with Crippen LogP contribution < -0.4 is 14.5 Å². The lowest BCUT2D eigenvalue weighted by Crippen LogP contribution is -2.39. The quantitative estimate of drug-likeness (QED) is 0.328. The average Bonchev–Trinajstić information content (AvgIpc) is 3.54. The van der Waals surface area contributed by atoms with E-state index in [1.807, 2.05) is 6.07 Å². The molecule has 4 aromatic rings. The van der Waals surface area contributed by atoms with Gasteiger partial charge in [-0.1, -0.05) is 0 Å². The van der Waals surface area contributed by atoms with Crippen molar-refractivity contribution in [3.05, 3.63) is 87.8 Å². The number of carbonyl (C=O) groups excluding carboxylic acids is 3. The Morgan fingerprint density at radius 1 is 1.02 bits per heavy atom. The van der Waals surface area contributed by atoms with Crippen LogP contribution >= 0.6 is 11.3 Å². The topological polar surface area (TPSA) is 88.0 Å². The van der Waals surface area contributed by atoms with E-state index >= 15 is 0 Å². The molecule has 0 bridgehead atoms. The predicted octanol–water partition coefficient (Wildman–Crippen LogP) is 4.47. The smallest absolute Gasteiger partial charge is 0.365 e. The average molecular weight is 574 g/mol. The highest BCUT2D eigenvalue weighted by Crippen LogP contribution is 2.35. The molecule has 2 aromatic heterocycles. The lowest BCUT2D eigenvalue weighted by atomic mass is 10.0. The third kappa shape index (κ3) is 5.02. The minimum Gasteiger partial charge on any atom is -0.411 e. The summed E-state index contributed by atoms with van der Waals surface area (Å²) in [5.74, 6) is -1.50. The molecule has 41 heavy (non-hydrogen) atoms. The summed E-state index contributed by atoms with van der Waals surface area (Å²) >= 11 is 1.46. The Kier molecular flexibility index (Phi) is 6.92. The maximum atomic E-state index is 13.9. The Bertz CT molecular complexity index is 1660. The molecule has 0 radical (unpaired) electrons. The molecule has 0 atom stereocenters. The summed E-state index contributed by atoms with van der Waals surface area (Å²) < 4.78 is 20.9. The van der Waals surface area contributed by atoms with Gasteiger partial charge in [0.15, 0.2) is 10.8 Å². The van der Waals surface area contributed by atoms with E-state index in [1.165, 1.54) is 57.0 Å². The van der Waals surface area contributed by atoms with Crippen molar-refractivity contribution in [3.63, 3.8) is 0 Å². The molecule has 2 aliphatic heterocycles. The van der Waals surface area contributed by atoms with Gasteiger partial charge in [0.2, 0.25) is 5.91 Å². The molecule has 210 valence electrons. The van der Waals surface area contributed by atoms with Gasteiger partial charge in [0.25, 0.3) is 5.91 Å². The Balaban J connectivity index is 1.35. The number of halogens is 1. The van der Waals surface area contributed by atoms with Gasteiger partial charge in [-0.3, -0.25) is 9.59 Å². The van der Waals surface area contributed by atoms with E-state index in [1.54, 1.807) is 36.2 Å². The number of aromatic nitrogens is 2. The number of rotatable bonds is 5. The molecule has 9 nitrogen and oxygen atoms in total. The summed E-state index contributed by atoms with van der Waals surface area (Å²) in [4.78, 5) is 45.7. The highest BCUT2D eigenvalue weighted by Gasteiger charge is 2.36. The van der Waals surface area contributed by atoms with Crippen LogP contribution in [0.5, 0.6) is 5.06 Å². The summed E-state index contributed by atoms with van der Waals surface area (Å²) in [5, 5.41) is 5.04. The molecule has 0 saturated heterocycles. The number of esters is 1. The Hall–Kier alpha value is -4.35. The van der Waals surface area contributed by atoms with E-state index in [0.717, 1.165) is 25.1 Å². The van der Waals surface area contributed by atoms with Crippen molar-refractivity contribution in [1.82, 2.24) is 14.7 Å². The van der Waals surface area contributed by atoms with Crippen molar-refractivity contribution in [2.75, 3.05) is 37.0 Å². The summed E-state index contributed by atoms with van der Waals surface area (Å²) in [6.45, 7) is 3.55. The number of benzene rings is 2. The molecule has 0 N–H and O–H groups in total. The Labute approximate surface area is 240 Å². The molecular formula is C30H28FN5O4S. The SMILES string of the molecule is CC(=O)N(C)c1ccc(N2CCc3c(C(=O)Oc4cc5c(s4)CCN(C)C5)nn(-c4ccc(F)cc4)c3C2=O)cc1. The van der Waals surface area contributed by atoms with Crippen LogP contribution in [0.15, 0.2) is 54.6 Å². The molecule has 0 aliphatic carbocycles. The van der Waals surface area contributed by atoms with Crippen LogP contribution in [-0.4, -0.2) is 59.6 Å². The number of anilines is 2. The van der Waals surface area contributed by atoms with Gasteiger partial charge in [0.05, 0.1) is 5.69 Å². The van der Waals surface area contributed by atoms with E-state index in [2.05, 4.69) is 17.0 Å². The zero-order valence-corrected chi connectivity index (χ0v) is 23.7. The molecule has 2 aliphatic rings. The van der Waals surface area contributed by atoms with Gasteiger partial charge in [-0.05, 0) is 80.1 Å². The second-order valence-corrected chi connectivity index (χ2v) is 11.4.